The summed E-state index contributed by atoms with van der Waals surface area (Å²) in [7, 11) is 0. The summed E-state index contributed by atoms with van der Waals surface area (Å²) in [4.78, 5) is 13.4. The first-order valence-electron chi connectivity index (χ1n) is 4.85. The quantitative estimate of drug-likeness (QED) is 0.825. The topological polar surface area (TPSA) is 62.3 Å². The fourth-order valence-electron chi connectivity index (χ4n) is 1.33. The van der Waals surface area contributed by atoms with E-state index in [2.05, 4.69) is 4.98 Å². The third-order valence-electron chi connectivity index (χ3n) is 2.11. The number of ether oxygens (including phenoxy) is 1. The summed E-state index contributed by atoms with van der Waals surface area (Å²) in [6.07, 6.45) is 0. The van der Waals surface area contributed by atoms with Crippen LogP contribution in [0.3, 0.4) is 0 Å². The molecular formula is C12H11NO3. The summed E-state index contributed by atoms with van der Waals surface area (Å²) in [5, 5.41) is 8.71. The molecule has 0 atom stereocenters. The van der Waals surface area contributed by atoms with Crippen molar-refractivity contribution in [3.8, 4) is 5.75 Å². The minimum absolute atomic E-state index is 0.173. The minimum Gasteiger partial charge on any atom is -0.487 e. The Hall–Kier alpha value is -2.23. The fraction of sp³-hybridized carbons (Fsp3) is 0.0833. The molecule has 0 radical (unpaired) electrons. The Morgan fingerprint density at radius 1 is 1.19 bits per heavy atom. The largest absolute Gasteiger partial charge is 0.487 e. The van der Waals surface area contributed by atoms with Crippen LogP contribution in [0.1, 0.15) is 16.2 Å². The van der Waals surface area contributed by atoms with Gasteiger partial charge in [-0.2, -0.15) is 0 Å². The van der Waals surface area contributed by atoms with E-state index in [9.17, 15) is 4.79 Å². The van der Waals surface area contributed by atoms with Crippen LogP contribution in [-0.4, -0.2) is 16.1 Å². The molecular weight excluding hydrogens is 206 g/mol. The summed E-state index contributed by atoms with van der Waals surface area (Å²) >= 11 is 0. The number of benzene rings is 1. The average Bonchev–Trinajstić information content (AvgIpc) is 2.76. The molecule has 2 N–H and O–H groups in total. The van der Waals surface area contributed by atoms with Gasteiger partial charge in [0.25, 0.3) is 0 Å². The minimum atomic E-state index is -0.967. The van der Waals surface area contributed by atoms with Gasteiger partial charge in [0, 0.05) is 0 Å². The highest BCUT2D eigenvalue weighted by Crippen LogP contribution is 2.11. The molecule has 16 heavy (non-hydrogen) atoms. The smallest absolute Gasteiger partial charge is 0.352 e. The van der Waals surface area contributed by atoms with Crippen LogP contribution in [0.25, 0.3) is 0 Å². The number of aromatic nitrogens is 1. The zero-order chi connectivity index (χ0) is 11.4. The van der Waals surface area contributed by atoms with Crippen molar-refractivity contribution in [2.24, 2.45) is 0 Å². The van der Waals surface area contributed by atoms with Gasteiger partial charge in [0.2, 0.25) is 0 Å². The van der Waals surface area contributed by atoms with Crippen LogP contribution in [0, 0.1) is 0 Å². The number of carbonyl (C=O) groups is 1. The Kier molecular flexibility index (Phi) is 2.91. The molecule has 0 saturated heterocycles. The number of nitrogens with one attached hydrogen (secondary N) is 1. The second-order valence-electron chi connectivity index (χ2n) is 3.30. The molecule has 0 unspecified atom stereocenters. The molecule has 0 spiro atoms. The second-order valence-corrected chi connectivity index (χ2v) is 3.30. The van der Waals surface area contributed by atoms with Gasteiger partial charge in [-0.25, -0.2) is 4.79 Å². The van der Waals surface area contributed by atoms with Crippen LogP contribution in [0.5, 0.6) is 5.75 Å². The van der Waals surface area contributed by atoms with E-state index in [0.29, 0.717) is 6.61 Å². The maximum Gasteiger partial charge on any atom is 0.352 e. The Morgan fingerprint density at radius 3 is 2.56 bits per heavy atom. The van der Waals surface area contributed by atoms with E-state index in [1.807, 2.05) is 30.3 Å². The highest BCUT2D eigenvalue weighted by atomic mass is 16.5. The summed E-state index contributed by atoms with van der Waals surface area (Å²) < 4.78 is 5.46. The van der Waals surface area contributed by atoms with Gasteiger partial charge in [0.15, 0.2) is 0 Å². The van der Waals surface area contributed by atoms with Gasteiger partial charge in [-0.15, -0.1) is 0 Å². The molecule has 0 fully saturated rings. The van der Waals surface area contributed by atoms with Gasteiger partial charge in [-0.05, 0) is 24.3 Å². The highest BCUT2D eigenvalue weighted by Gasteiger charge is 2.05. The SMILES string of the molecule is O=C(O)c1ccc(COc2ccccc2)[nH]1. The Labute approximate surface area is 92.5 Å². The second kappa shape index (κ2) is 4.53. The molecule has 1 heterocycles. The molecule has 1 aromatic heterocycles. The van der Waals surface area contributed by atoms with Crippen molar-refractivity contribution in [1.82, 2.24) is 4.98 Å². The number of hydrogen-bond acceptors (Lipinski definition) is 2. The highest BCUT2D eigenvalue weighted by molar-refractivity contribution is 5.85. The van der Waals surface area contributed by atoms with E-state index < -0.39 is 5.97 Å². The Bertz CT molecular complexity index is 476. The number of aromatic carboxylic acids is 1. The predicted molar refractivity (Wildman–Crippen MR) is 58.5 cm³/mol. The van der Waals surface area contributed by atoms with Gasteiger partial charge in [0.1, 0.15) is 18.1 Å². The molecule has 2 aromatic rings. The van der Waals surface area contributed by atoms with E-state index in [0.717, 1.165) is 11.4 Å². The molecule has 0 aliphatic heterocycles. The summed E-state index contributed by atoms with van der Waals surface area (Å²) in [5.41, 5.74) is 0.910. The van der Waals surface area contributed by atoms with E-state index in [1.165, 1.54) is 6.07 Å². The normalized spacial score (nSPS) is 10.0. The summed E-state index contributed by atoms with van der Waals surface area (Å²) in [6, 6.07) is 12.6. The van der Waals surface area contributed by atoms with Crippen molar-refractivity contribution >= 4 is 5.97 Å². The number of carboxylic acid groups (broad SMARTS) is 1. The molecule has 0 amide bonds. The van der Waals surface area contributed by atoms with Crippen molar-refractivity contribution in [1.29, 1.82) is 0 Å². The average molecular weight is 217 g/mol. The molecule has 0 aliphatic carbocycles. The predicted octanol–water partition coefficient (Wildman–Crippen LogP) is 2.29. The van der Waals surface area contributed by atoms with E-state index in [-0.39, 0.29) is 5.69 Å². The van der Waals surface area contributed by atoms with E-state index in [1.54, 1.807) is 6.07 Å². The molecule has 4 nitrogen and oxygen atoms in total. The van der Waals surface area contributed by atoms with Gasteiger partial charge in [0.05, 0.1) is 5.69 Å². The molecule has 1 aromatic carbocycles. The van der Waals surface area contributed by atoms with Gasteiger partial charge < -0.3 is 14.8 Å². The monoisotopic (exact) mass is 217 g/mol. The first kappa shape index (κ1) is 10.3. The first-order chi connectivity index (χ1) is 7.75. The number of hydrogen-bond donors (Lipinski definition) is 2. The van der Waals surface area contributed by atoms with Crippen LogP contribution < -0.4 is 4.74 Å². The molecule has 0 bridgehead atoms. The maximum absolute atomic E-state index is 10.6. The number of carboxylic acids is 1. The van der Waals surface area contributed by atoms with Crippen molar-refractivity contribution in [2.75, 3.05) is 0 Å². The zero-order valence-electron chi connectivity index (χ0n) is 8.51. The van der Waals surface area contributed by atoms with Crippen LogP contribution in [0.4, 0.5) is 0 Å². The zero-order valence-corrected chi connectivity index (χ0v) is 8.51. The lowest BCUT2D eigenvalue weighted by molar-refractivity contribution is 0.0691. The lowest BCUT2D eigenvalue weighted by Crippen LogP contribution is -1.99. The molecule has 2 rings (SSSR count). The van der Waals surface area contributed by atoms with Crippen molar-refractivity contribution < 1.29 is 14.6 Å². The van der Waals surface area contributed by atoms with Crippen LogP contribution >= 0.6 is 0 Å². The molecule has 4 heteroatoms. The van der Waals surface area contributed by atoms with Gasteiger partial charge >= 0.3 is 5.97 Å². The molecule has 0 aliphatic rings. The van der Waals surface area contributed by atoms with Gasteiger partial charge in [-0.3, -0.25) is 0 Å². The number of para-hydroxylation sites is 1. The lowest BCUT2D eigenvalue weighted by Gasteiger charge is -2.03. The number of rotatable bonds is 4. The standard InChI is InChI=1S/C12H11NO3/c14-12(15)11-7-6-9(13-11)8-16-10-4-2-1-3-5-10/h1-7,13H,8H2,(H,14,15). The first-order valence-corrected chi connectivity index (χ1v) is 4.85. The van der Waals surface area contributed by atoms with E-state index in [4.69, 9.17) is 9.84 Å². The number of aromatic amines is 1. The van der Waals surface area contributed by atoms with Crippen LogP contribution in [0.15, 0.2) is 42.5 Å². The fourth-order valence-corrected chi connectivity index (χ4v) is 1.33. The van der Waals surface area contributed by atoms with Crippen LogP contribution in [0.2, 0.25) is 0 Å². The lowest BCUT2D eigenvalue weighted by atomic mass is 10.3. The molecule has 0 saturated carbocycles. The number of H-pyrrole nitrogens is 1. The summed E-state index contributed by atoms with van der Waals surface area (Å²) in [5.74, 6) is -0.208. The van der Waals surface area contributed by atoms with Crippen molar-refractivity contribution in [3.05, 3.63) is 53.9 Å². The van der Waals surface area contributed by atoms with Crippen molar-refractivity contribution in [3.63, 3.8) is 0 Å². The maximum atomic E-state index is 10.6. The van der Waals surface area contributed by atoms with Crippen LogP contribution in [-0.2, 0) is 6.61 Å². The Morgan fingerprint density at radius 2 is 1.94 bits per heavy atom. The molecule has 82 valence electrons. The Balaban J connectivity index is 1.97. The third-order valence-corrected chi connectivity index (χ3v) is 2.11. The third kappa shape index (κ3) is 2.42. The van der Waals surface area contributed by atoms with Crippen molar-refractivity contribution in [2.45, 2.75) is 6.61 Å². The summed E-state index contributed by atoms with van der Waals surface area (Å²) in [6.45, 7) is 0.331. The van der Waals surface area contributed by atoms with E-state index >= 15 is 0 Å². The van der Waals surface area contributed by atoms with Gasteiger partial charge in [-0.1, -0.05) is 18.2 Å².